The maximum absolute atomic E-state index is 9.38. The molecule has 0 saturated carbocycles. The van der Waals surface area contributed by atoms with Gasteiger partial charge in [0.2, 0.25) is 0 Å². The van der Waals surface area contributed by atoms with Gasteiger partial charge in [0.15, 0.2) is 0 Å². The van der Waals surface area contributed by atoms with E-state index < -0.39 is 0 Å². The third kappa shape index (κ3) is 3.81. The van der Waals surface area contributed by atoms with Crippen LogP contribution >= 0.6 is 0 Å². The standard InChI is InChI=1S/C12H16O.C3H8.C2H2/c1-8-7-12(2,3)11-5-4-9(13)6-10(8)11;1-3-2;1-2/h4-6,8,13H,7H2,1-3H3;3H2,1-2H3;1-2H/t8-;;/m0../s1. The predicted molar refractivity (Wildman–Crippen MR) is 80.0 cm³/mol. The topological polar surface area (TPSA) is 20.2 Å². The summed E-state index contributed by atoms with van der Waals surface area (Å²) in [6, 6.07) is 5.77. The molecule has 1 aromatic carbocycles. The summed E-state index contributed by atoms with van der Waals surface area (Å²) < 4.78 is 0. The van der Waals surface area contributed by atoms with Crippen LogP contribution in [0.4, 0.5) is 0 Å². The Hall–Kier alpha value is -1.42. The monoisotopic (exact) mass is 246 g/mol. The summed E-state index contributed by atoms with van der Waals surface area (Å²) in [6.07, 6.45) is 10.4. The fourth-order valence-electron chi connectivity index (χ4n) is 2.56. The molecule has 0 bridgehead atoms. The maximum atomic E-state index is 9.38. The van der Waals surface area contributed by atoms with Crippen LogP contribution in [0.15, 0.2) is 18.2 Å². The fourth-order valence-corrected chi connectivity index (χ4v) is 2.56. The summed E-state index contributed by atoms with van der Waals surface area (Å²) in [5.41, 5.74) is 3.01. The molecule has 1 heteroatoms. The Labute approximate surface area is 112 Å². The molecule has 1 aromatic rings. The molecular formula is C17H26O. The zero-order valence-corrected chi connectivity index (χ0v) is 12.3. The van der Waals surface area contributed by atoms with Crippen LogP contribution in [0.5, 0.6) is 5.75 Å². The molecule has 0 aromatic heterocycles. The molecule has 1 aliphatic rings. The highest BCUT2D eigenvalue weighted by molar-refractivity contribution is 5.45. The van der Waals surface area contributed by atoms with Crippen LogP contribution in [0.3, 0.4) is 0 Å². The molecule has 2 rings (SSSR count). The molecule has 0 amide bonds. The Morgan fingerprint density at radius 2 is 1.78 bits per heavy atom. The van der Waals surface area contributed by atoms with E-state index in [1.807, 2.05) is 6.07 Å². The molecule has 1 atom stereocenters. The van der Waals surface area contributed by atoms with Gasteiger partial charge in [-0.25, -0.2) is 0 Å². The van der Waals surface area contributed by atoms with Crippen LogP contribution in [-0.2, 0) is 5.41 Å². The zero-order chi connectivity index (χ0) is 14.3. The minimum Gasteiger partial charge on any atom is -0.508 e. The normalized spacial score (nSPS) is 18.7. The second kappa shape index (κ2) is 7.11. The van der Waals surface area contributed by atoms with Gasteiger partial charge in [0.25, 0.3) is 0 Å². The van der Waals surface area contributed by atoms with Crippen molar-refractivity contribution in [3.63, 3.8) is 0 Å². The summed E-state index contributed by atoms with van der Waals surface area (Å²) in [5.74, 6) is 0.973. The van der Waals surface area contributed by atoms with Crippen molar-refractivity contribution < 1.29 is 5.11 Å². The predicted octanol–water partition coefficient (Wildman–Crippen LogP) is 4.84. The van der Waals surface area contributed by atoms with Crippen molar-refractivity contribution in [2.75, 3.05) is 0 Å². The second-order valence-electron chi connectivity index (χ2n) is 5.47. The number of phenols is 1. The second-order valence-corrected chi connectivity index (χ2v) is 5.47. The first-order valence-electron chi connectivity index (χ1n) is 6.59. The van der Waals surface area contributed by atoms with E-state index in [0.717, 1.165) is 0 Å². The van der Waals surface area contributed by atoms with E-state index in [1.165, 1.54) is 24.0 Å². The van der Waals surface area contributed by atoms with Crippen molar-refractivity contribution in [2.24, 2.45) is 0 Å². The highest BCUT2D eigenvalue weighted by Crippen LogP contribution is 2.46. The first kappa shape index (κ1) is 16.6. The van der Waals surface area contributed by atoms with Gasteiger partial charge >= 0.3 is 0 Å². The average Bonchev–Trinajstić information content (AvgIpc) is 2.53. The molecule has 0 spiro atoms. The fraction of sp³-hybridized carbons (Fsp3) is 0.529. The first-order valence-corrected chi connectivity index (χ1v) is 6.59. The van der Waals surface area contributed by atoms with Gasteiger partial charge in [-0.15, -0.1) is 12.8 Å². The smallest absolute Gasteiger partial charge is 0.115 e. The third-order valence-electron chi connectivity index (χ3n) is 3.11. The van der Waals surface area contributed by atoms with Gasteiger partial charge in [0.1, 0.15) is 5.75 Å². The molecule has 1 nitrogen and oxygen atoms in total. The summed E-state index contributed by atoms with van der Waals surface area (Å²) >= 11 is 0. The zero-order valence-electron chi connectivity index (χ0n) is 12.3. The number of phenolic OH excluding ortho intramolecular Hbond substituents is 1. The van der Waals surface area contributed by atoms with Crippen molar-refractivity contribution in [2.45, 2.75) is 58.8 Å². The minimum absolute atomic E-state index is 0.280. The van der Waals surface area contributed by atoms with Crippen molar-refractivity contribution >= 4 is 0 Å². The van der Waals surface area contributed by atoms with Crippen molar-refractivity contribution in [3.8, 4) is 18.6 Å². The van der Waals surface area contributed by atoms with Crippen LogP contribution in [0.25, 0.3) is 0 Å². The maximum Gasteiger partial charge on any atom is 0.115 e. The molecule has 0 fully saturated rings. The summed E-state index contributed by atoms with van der Waals surface area (Å²) in [5, 5.41) is 9.38. The average molecular weight is 246 g/mol. The van der Waals surface area contributed by atoms with E-state index >= 15 is 0 Å². The lowest BCUT2D eigenvalue weighted by atomic mass is 9.86. The van der Waals surface area contributed by atoms with Crippen molar-refractivity contribution in [1.29, 1.82) is 0 Å². The minimum atomic E-state index is 0.280. The number of terminal acetylenes is 1. The van der Waals surface area contributed by atoms with E-state index in [-0.39, 0.29) is 5.41 Å². The Balaban J connectivity index is 0.000000509. The van der Waals surface area contributed by atoms with Crippen LogP contribution in [0.1, 0.15) is 64.5 Å². The lowest BCUT2D eigenvalue weighted by Crippen LogP contribution is -2.11. The van der Waals surface area contributed by atoms with Gasteiger partial charge < -0.3 is 5.11 Å². The highest BCUT2D eigenvalue weighted by Gasteiger charge is 2.34. The lowest BCUT2D eigenvalue weighted by molar-refractivity contribution is 0.474. The molecule has 100 valence electrons. The van der Waals surface area contributed by atoms with Gasteiger partial charge in [0, 0.05) is 0 Å². The van der Waals surface area contributed by atoms with Crippen molar-refractivity contribution in [1.82, 2.24) is 0 Å². The number of hydrogen-bond acceptors (Lipinski definition) is 1. The number of rotatable bonds is 0. The van der Waals surface area contributed by atoms with Gasteiger partial charge in [-0.2, -0.15) is 0 Å². The van der Waals surface area contributed by atoms with Gasteiger partial charge in [-0.05, 0) is 41.0 Å². The van der Waals surface area contributed by atoms with Crippen LogP contribution in [0.2, 0.25) is 0 Å². The molecular weight excluding hydrogens is 220 g/mol. The molecule has 18 heavy (non-hydrogen) atoms. The first-order chi connectivity index (χ1) is 8.42. The van der Waals surface area contributed by atoms with Crippen LogP contribution < -0.4 is 0 Å². The highest BCUT2D eigenvalue weighted by atomic mass is 16.3. The van der Waals surface area contributed by atoms with E-state index in [4.69, 9.17) is 0 Å². The molecule has 0 aliphatic heterocycles. The molecule has 0 unspecified atom stereocenters. The van der Waals surface area contributed by atoms with Crippen LogP contribution in [0, 0.1) is 12.8 Å². The van der Waals surface area contributed by atoms with Gasteiger partial charge in [-0.1, -0.05) is 47.1 Å². The van der Waals surface area contributed by atoms with E-state index in [0.29, 0.717) is 11.7 Å². The number of fused-ring (bicyclic) bond motifs is 1. The Morgan fingerprint density at radius 3 is 2.28 bits per heavy atom. The third-order valence-corrected chi connectivity index (χ3v) is 3.11. The quantitative estimate of drug-likeness (QED) is 0.649. The Kier molecular flexibility index (Phi) is 6.55. The van der Waals surface area contributed by atoms with Crippen molar-refractivity contribution in [3.05, 3.63) is 29.3 Å². The lowest BCUT2D eigenvalue weighted by Gasteiger charge is -2.18. The molecule has 1 aliphatic carbocycles. The SMILES string of the molecule is C#C.CCC.C[C@H]1CC(C)(C)c2ccc(O)cc21. The van der Waals surface area contributed by atoms with E-state index in [9.17, 15) is 5.11 Å². The number of hydrogen-bond donors (Lipinski definition) is 1. The largest absolute Gasteiger partial charge is 0.508 e. The van der Waals surface area contributed by atoms with E-state index in [2.05, 4.69) is 53.5 Å². The Morgan fingerprint density at radius 1 is 1.28 bits per heavy atom. The Bertz CT molecular complexity index is 388. The molecule has 0 heterocycles. The van der Waals surface area contributed by atoms with Gasteiger partial charge in [0.05, 0.1) is 0 Å². The molecule has 1 N–H and O–H groups in total. The van der Waals surface area contributed by atoms with Gasteiger partial charge in [-0.3, -0.25) is 0 Å². The van der Waals surface area contributed by atoms with E-state index in [1.54, 1.807) is 6.07 Å². The van der Waals surface area contributed by atoms with Crippen LogP contribution in [-0.4, -0.2) is 5.11 Å². The molecule has 0 radical (unpaired) electrons. The number of aromatic hydroxyl groups is 1. The number of benzene rings is 1. The summed E-state index contributed by atoms with van der Waals surface area (Å²) in [7, 11) is 0. The summed E-state index contributed by atoms with van der Waals surface area (Å²) in [4.78, 5) is 0. The summed E-state index contributed by atoms with van der Waals surface area (Å²) in [6.45, 7) is 11.0. The molecule has 0 saturated heterocycles.